The van der Waals surface area contributed by atoms with Crippen molar-refractivity contribution in [3.05, 3.63) is 72.3 Å². The maximum Gasteiger partial charge on any atom is 0.255 e. The zero-order chi connectivity index (χ0) is 21.2. The highest BCUT2D eigenvalue weighted by Gasteiger charge is 2.25. The van der Waals surface area contributed by atoms with Gasteiger partial charge in [-0.2, -0.15) is 10.4 Å². The summed E-state index contributed by atoms with van der Waals surface area (Å²) in [5.41, 5.74) is 5.17. The zero-order valence-electron chi connectivity index (χ0n) is 17.0. The number of H-pyrrole nitrogens is 1. The maximum absolute atomic E-state index is 12.9. The van der Waals surface area contributed by atoms with Gasteiger partial charge in [0, 0.05) is 31.4 Å². The van der Waals surface area contributed by atoms with Gasteiger partial charge in [-0.1, -0.05) is 18.2 Å². The highest BCUT2D eigenvalue weighted by atomic mass is 16.2. The fourth-order valence-electron chi connectivity index (χ4n) is 4.33. The van der Waals surface area contributed by atoms with E-state index in [2.05, 4.69) is 44.0 Å². The molecule has 1 fully saturated rings. The molecular formula is C24H22N6O. The van der Waals surface area contributed by atoms with Crippen LogP contribution in [-0.4, -0.2) is 43.6 Å². The van der Waals surface area contributed by atoms with Crippen LogP contribution in [0.5, 0.6) is 0 Å². The molecule has 0 spiro atoms. The van der Waals surface area contributed by atoms with Crippen molar-refractivity contribution in [2.75, 3.05) is 13.1 Å². The minimum absolute atomic E-state index is 0.0459. The molecule has 7 nitrogen and oxygen atoms in total. The topological polar surface area (TPSA) is 90.6 Å². The number of nitrogens with one attached hydrogen (secondary N) is 1. The van der Waals surface area contributed by atoms with Crippen LogP contribution in [0.1, 0.15) is 28.8 Å². The number of likely N-dealkylation sites (tertiary alicyclic amines) is 1. The molecule has 4 aromatic rings. The third-order valence-electron chi connectivity index (χ3n) is 6.09. The molecule has 0 saturated carbocycles. The number of hydrogen-bond donors (Lipinski definition) is 1. The molecule has 1 saturated heterocycles. The van der Waals surface area contributed by atoms with Gasteiger partial charge in [0.05, 0.1) is 40.8 Å². The second-order valence-corrected chi connectivity index (χ2v) is 7.98. The summed E-state index contributed by atoms with van der Waals surface area (Å²) < 4.78 is 2.21. The Morgan fingerprint density at radius 1 is 1.16 bits per heavy atom. The highest BCUT2D eigenvalue weighted by molar-refractivity contribution is 5.96. The third kappa shape index (κ3) is 3.68. The summed E-state index contributed by atoms with van der Waals surface area (Å²) in [6.07, 6.45) is 7.47. The molecule has 0 atom stereocenters. The molecule has 3 heterocycles. The van der Waals surface area contributed by atoms with Gasteiger partial charge in [-0.3, -0.25) is 9.89 Å². The Bertz CT molecular complexity index is 1260. The number of rotatable bonds is 4. The second-order valence-electron chi connectivity index (χ2n) is 7.98. The first-order valence-corrected chi connectivity index (χ1v) is 10.5. The average molecular weight is 410 g/mol. The zero-order valence-corrected chi connectivity index (χ0v) is 17.0. The number of aromatic amines is 1. The Labute approximate surface area is 179 Å². The van der Waals surface area contributed by atoms with Gasteiger partial charge in [0.2, 0.25) is 0 Å². The summed E-state index contributed by atoms with van der Waals surface area (Å²) in [5.74, 6) is 0.441. The monoisotopic (exact) mass is 410 g/mol. The van der Waals surface area contributed by atoms with E-state index in [0.29, 0.717) is 30.1 Å². The summed E-state index contributed by atoms with van der Waals surface area (Å²) in [7, 11) is 0. The van der Waals surface area contributed by atoms with Crippen molar-refractivity contribution in [3.63, 3.8) is 0 Å². The molecule has 2 aromatic heterocycles. The molecule has 0 aliphatic carbocycles. The number of hydrogen-bond acceptors (Lipinski definition) is 4. The van der Waals surface area contributed by atoms with Gasteiger partial charge < -0.3 is 9.47 Å². The number of fused-ring (bicyclic) bond motifs is 1. The van der Waals surface area contributed by atoms with Gasteiger partial charge in [-0.05, 0) is 48.6 Å². The van der Waals surface area contributed by atoms with Gasteiger partial charge in [0.15, 0.2) is 0 Å². The van der Waals surface area contributed by atoms with E-state index in [1.54, 1.807) is 18.2 Å². The molecule has 31 heavy (non-hydrogen) atoms. The molecule has 1 amide bonds. The van der Waals surface area contributed by atoms with Crippen molar-refractivity contribution in [3.8, 4) is 17.2 Å². The van der Waals surface area contributed by atoms with E-state index in [-0.39, 0.29) is 5.91 Å². The van der Waals surface area contributed by atoms with Crippen molar-refractivity contribution >= 4 is 16.9 Å². The Hall–Kier alpha value is -3.92. The Morgan fingerprint density at radius 3 is 2.77 bits per heavy atom. The molecule has 0 bridgehead atoms. The van der Waals surface area contributed by atoms with Gasteiger partial charge in [0.1, 0.15) is 0 Å². The van der Waals surface area contributed by atoms with Gasteiger partial charge in [0.25, 0.3) is 5.91 Å². The number of benzene rings is 2. The fourth-order valence-corrected chi connectivity index (χ4v) is 4.33. The summed E-state index contributed by atoms with van der Waals surface area (Å²) in [5, 5.41) is 16.1. The number of nitrogens with zero attached hydrogens (tertiary/aromatic N) is 5. The molecule has 1 aliphatic heterocycles. The number of nitriles is 1. The quantitative estimate of drug-likeness (QED) is 0.553. The van der Waals surface area contributed by atoms with Crippen LogP contribution in [0, 0.1) is 17.2 Å². The molecule has 0 unspecified atom stereocenters. The van der Waals surface area contributed by atoms with E-state index in [9.17, 15) is 10.1 Å². The molecular weight excluding hydrogens is 388 g/mol. The molecule has 1 N–H and O–H groups in total. The lowest BCUT2D eigenvalue weighted by Crippen LogP contribution is -2.39. The van der Waals surface area contributed by atoms with E-state index in [1.165, 1.54) is 0 Å². The summed E-state index contributed by atoms with van der Waals surface area (Å²) in [6.45, 7) is 2.30. The van der Waals surface area contributed by atoms with Crippen molar-refractivity contribution in [2.24, 2.45) is 5.92 Å². The minimum Gasteiger partial charge on any atom is -0.339 e. The van der Waals surface area contributed by atoms with Gasteiger partial charge >= 0.3 is 0 Å². The molecule has 154 valence electrons. The van der Waals surface area contributed by atoms with Crippen LogP contribution in [0.25, 0.3) is 22.2 Å². The van der Waals surface area contributed by atoms with Crippen molar-refractivity contribution in [1.82, 2.24) is 24.6 Å². The minimum atomic E-state index is -0.0459. The molecule has 0 radical (unpaired) electrons. The second kappa shape index (κ2) is 8.07. The van der Waals surface area contributed by atoms with Crippen LogP contribution < -0.4 is 0 Å². The lowest BCUT2D eigenvalue weighted by atomic mass is 9.95. The lowest BCUT2D eigenvalue weighted by molar-refractivity contribution is 0.0683. The average Bonchev–Trinajstić information content (AvgIpc) is 3.49. The van der Waals surface area contributed by atoms with Crippen molar-refractivity contribution in [2.45, 2.75) is 19.4 Å². The van der Waals surface area contributed by atoms with Crippen molar-refractivity contribution in [1.29, 1.82) is 5.26 Å². The summed E-state index contributed by atoms with van der Waals surface area (Å²) in [4.78, 5) is 19.3. The number of piperidine rings is 1. The number of amides is 1. The van der Waals surface area contributed by atoms with Crippen LogP contribution in [-0.2, 0) is 6.54 Å². The van der Waals surface area contributed by atoms with Gasteiger partial charge in [-0.25, -0.2) is 4.98 Å². The van der Waals surface area contributed by atoms with Crippen LogP contribution in [0.3, 0.4) is 0 Å². The summed E-state index contributed by atoms with van der Waals surface area (Å²) >= 11 is 0. The number of imidazole rings is 1. The third-order valence-corrected chi connectivity index (χ3v) is 6.09. The fraction of sp³-hybridized carbons (Fsp3) is 0.250. The molecule has 1 aliphatic rings. The Morgan fingerprint density at radius 2 is 2.00 bits per heavy atom. The normalized spacial score (nSPS) is 14.6. The maximum atomic E-state index is 12.9. The first-order valence-electron chi connectivity index (χ1n) is 10.5. The molecule has 2 aromatic carbocycles. The van der Waals surface area contributed by atoms with E-state index in [4.69, 9.17) is 0 Å². The van der Waals surface area contributed by atoms with Crippen LogP contribution in [0.2, 0.25) is 0 Å². The molecule has 5 rings (SSSR count). The van der Waals surface area contributed by atoms with Gasteiger partial charge in [-0.15, -0.1) is 0 Å². The van der Waals surface area contributed by atoms with Crippen LogP contribution >= 0.6 is 0 Å². The lowest BCUT2D eigenvalue weighted by Gasteiger charge is -2.32. The standard InChI is InChI=1S/C24H22N6O/c25-12-19-3-1-2-4-21(19)24(31)29-9-7-17(8-10-29)15-30-16-26-22-11-18(5-6-23(22)30)20-13-27-28-14-20/h1-6,11,13-14,16-17H,7-10,15H2,(H,27,28). The summed E-state index contributed by atoms with van der Waals surface area (Å²) in [6, 6.07) is 15.4. The van der Waals surface area contributed by atoms with E-state index in [0.717, 1.165) is 41.5 Å². The van der Waals surface area contributed by atoms with E-state index in [1.807, 2.05) is 29.7 Å². The predicted octanol–water partition coefficient (Wildman–Crippen LogP) is 3.85. The largest absolute Gasteiger partial charge is 0.339 e. The van der Waals surface area contributed by atoms with Crippen LogP contribution in [0.15, 0.2) is 61.2 Å². The predicted molar refractivity (Wildman–Crippen MR) is 117 cm³/mol. The number of carbonyl (C=O) groups is 1. The van der Waals surface area contributed by atoms with Crippen molar-refractivity contribution < 1.29 is 4.79 Å². The first-order chi connectivity index (χ1) is 15.2. The number of carbonyl (C=O) groups excluding carboxylic acids is 1. The number of aromatic nitrogens is 4. The van der Waals surface area contributed by atoms with E-state index < -0.39 is 0 Å². The Kier molecular flexibility index (Phi) is 4.97. The SMILES string of the molecule is N#Cc1ccccc1C(=O)N1CCC(Cn2cnc3cc(-c4cn[nH]c4)ccc32)CC1. The van der Waals surface area contributed by atoms with Crippen LogP contribution in [0.4, 0.5) is 0 Å². The highest BCUT2D eigenvalue weighted by Crippen LogP contribution is 2.26. The smallest absolute Gasteiger partial charge is 0.255 e. The first kappa shape index (κ1) is 19.1. The Balaban J connectivity index is 1.25. The van der Waals surface area contributed by atoms with E-state index >= 15 is 0 Å². The molecule has 7 heteroatoms.